The van der Waals surface area contributed by atoms with E-state index < -0.39 is 42.4 Å². The van der Waals surface area contributed by atoms with Gasteiger partial charge in [-0.3, -0.25) is 19.2 Å². The summed E-state index contributed by atoms with van der Waals surface area (Å²) in [6.45, 7) is 5.73. The highest BCUT2D eigenvalue weighted by Gasteiger charge is 2.52. The van der Waals surface area contributed by atoms with Gasteiger partial charge in [0.15, 0.2) is 18.4 Å². The number of esters is 3. The summed E-state index contributed by atoms with van der Waals surface area (Å²) in [7, 11) is 0. The van der Waals surface area contributed by atoms with Gasteiger partial charge < -0.3 is 29.6 Å². The molecule has 0 spiro atoms. The average molecular weight is 509 g/mol. The first kappa shape index (κ1) is 29.4. The van der Waals surface area contributed by atoms with E-state index in [2.05, 4.69) is 0 Å². The SMILES string of the molecule is CCCCC(=O)OC[C@H]1O[C@@H](N2C=CCC(C(N)=O)=C2)[C@H](OC(=O)CCCC)[C@@H]1OC(=O)CCCC. The summed E-state index contributed by atoms with van der Waals surface area (Å²) >= 11 is 0. The first-order valence-corrected chi connectivity index (χ1v) is 12.9. The molecule has 0 saturated carbocycles. The van der Waals surface area contributed by atoms with E-state index in [0.29, 0.717) is 31.3 Å². The second-order valence-electron chi connectivity index (χ2n) is 9.02. The fourth-order valence-corrected chi connectivity index (χ4v) is 3.88. The summed E-state index contributed by atoms with van der Waals surface area (Å²) in [6, 6.07) is 0. The van der Waals surface area contributed by atoms with Crippen molar-refractivity contribution in [1.82, 2.24) is 4.90 Å². The molecule has 10 nitrogen and oxygen atoms in total. The third-order valence-electron chi connectivity index (χ3n) is 5.96. The second-order valence-corrected chi connectivity index (χ2v) is 9.02. The molecule has 2 rings (SSSR count). The molecule has 10 heteroatoms. The minimum atomic E-state index is -1.01. The summed E-state index contributed by atoms with van der Waals surface area (Å²) in [5.74, 6) is -1.87. The smallest absolute Gasteiger partial charge is 0.306 e. The number of carbonyl (C=O) groups excluding carboxylic acids is 4. The number of hydrogen-bond acceptors (Lipinski definition) is 9. The first-order chi connectivity index (χ1) is 17.3. The lowest BCUT2D eigenvalue weighted by Gasteiger charge is -2.31. The molecule has 1 amide bonds. The lowest BCUT2D eigenvalue weighted by atomic mass is 10.1. The van der Waals surface area contributed by atoms with Crippen molar-refractivity contribution >= 4 is 23.8 Å². The van der Waals surface area contributed by atoms with E-state index in [1.165, 1.54) is 6.20 Å². The molecule has 1 fully saturated rings. The van der Waals surface area contributed by atoms with Gasteiger partial charge in [-0.1, -0.05) is 46.1 Å². The Bertz CT molecular complexity index is 825. The minimum absolute atomic E-state index is 0.169. The second kappa shape index (κ2) is 15.3. The van der Waals surface area contributed by atoms with Crippen molar-refractivity contribution in [3.63, 3.8) is 0 Å². The summed E-state index contributed by atoms with van der Waals surface area (Å²) in [5, 5.41) is 0. The molecule has 0 aromatic carbocycles. The van der Waals surface area contributed by atoms with Crippen molar-refractivity contribution in [1.29, 1.82) is 0 Å². The van der Waals surface area contributed by atoms with Gasteiger partial charge in [-0.25, -0.2) is 0 Å². The predicted octanol–water partition coefficient (Wildman–Crippen LogP) is 3.24. The van der Waals surface area contributed by atoms with Crippen LogP contribution in [0.3, 0.4) is 0 Å². The quantitative estimate of drug-likeness (QED) is 0.261. The molecule has 2 aliphatic rings. The van der Waals surface area contributed by atoms with Crippen LogP contribution in [0.1, 0.15) is 85.0 Å². The van der Waals surface area contributed by atoms with Gasteiger partial charge in [0.25, 0.3) is 0 Å². The number of primary amides is 1. The highest BCUT2D eigenvalue weighted by atomic mass is 16.7. The lowest BCUT2D eigenvalue weighted by Crippen LogP contribution is -2.45. The van der Waals surface area contributed by atoms with Gasteiger partial charge >= 0.3 is 17.9 Å². The molecule has 0 radical (unpaired) electrons. The van der Waals surface area contributed by atoms with Crippen LogP contribution in [-0.4, -0.2) is 59.9 Å². The molecule has 0 bridgehead atoms. The first-order valence-electron chi connectivity index (χ1n) is 12.9. The van der Waals surface area contributed by atoms with Crippen LogP contribution in [0.2, 0.25) is 0 Å². The molecule has 1 saturated heterocycles. The molecule has 2 heterocycles. The summed E-state index contributed by atoms with van der Waals surface area (Å²) in [6.07, 6.45) is 6.65. The Morgan fingerprint density at radius 3 is 2.03 bits per heavy atom. The van der Waals surface area contributed by atoms with Gasteiger partial charge in [0.05, 0.1) is 0 Å². The molecular weight excluding hydrogens is 468 g/mol. The minimum Gasteiger partial charge on any atom is -0.463 e. The molecule has 2 aliphatic heterocycles. The highest BCUT2D eigenvalue weighted by molar-refractivity contribution is 5.92. The highest BCUT2D eigenvalue weighted by Crippen LogP contribution is 2.32. The Hall–Kier alpha value is -2.88. The Morgan fingerprint density at radius 1 is 0.917 bits per heavy atom. The maximum Gasteiger partial charge on any atom is 0.306 e. The van der Waals surface area contributed by atoms with Gasteiger partial charge in [-0.05, 0) is 25.7 Å². The molecule has 202 valence electrons. The van der Waals surface area contributed by atoms with Crippen molar-refractivity contribution in [2.75, 3.05) is 6.61 Å². The Morgan fingerprint density at radius 2 is 1.47 bits per heavy atom. The van der Waals surface area contributed by atoms with E-state index >= 15 is 0 Å². The molecule has 36 heavy (non-hydrogen) atoms. The Labute approximate surface area is 213 Å². The van der Waals surface area contributed by atoms with E-state index in [9.17, 15) is 19.2 Å². The number of unbranched alkanes of at least 4 members (excludes halogenated alkanes) is 3. The summed E-state index contributed by atoms with van der Waals surface area (Å²) in [5.41, 5.74) is 5.82. The largest absolute Gasteiger partial charge is 0.463 e. The van der Waals surface area contributed by atoms with Crippen LogP contribution in [0.15, 0.2) is 24.0 Å². The van der Waals surface area contributed by atoms with Crippen LogP contribution in [0.5, 0.6) is 0 Å². The maximum atomic E-state index is 12.6. The number of carbonyl (C=O) groups is 4. The molecule has 4 atom stereocenters. The van der Waals surface area contributed by atoms with Crippen molar-refractivity contribution < 1.29 is 38.1 Å². The molecule has 2 N–H and O–H groups in total. The van der Waals surface area contributed by atoms with Crippen LogP contribution < -0.4 is 5.73 Å². The van der Waals surface area contributed by atoms with E-state index in [-0.39, 0.29) is 31.8 Å². The van der Waals surface area contributed by atoms with Crippen molar-refractivity contribution in [2.24, 2.45) is 5.73 Å². The standard InChI is InChI=1S/C26H40N2O8/c1-4-7-12-20(29)33-17-19-23(35-21(30)13-8-5-2)24(36-22(31)14-9-6-3)26(34-19)28-15-10-11-18(16-28)25(27)32/h10,15-16,19,23-24,26H,4-9,11-14,17H2,1-3H3,(H2,27,32)/t19-,23-,24-,26-/m1/s1. The van der Waals surface area contributed by atoms with Crippen molar-refractivity contribution in [3.05, 3.63) is 24.0 Å². The normalized spacial score (nSPS) is 23.2. The number of nitrogens with two attached hydrogens (primary N) is 1. The van der Waals surface area contributed by atoms with E-state index in [4.69, 9.17) is 24.7 Å². The Kier molecular flexibility index (Phi) is 12.5. The number of hydrogen-bond donors (Lipinski definition) is 1. The average Bonchev–Trinajstić information content (AvgIpc) is 3.20. The van der Waals surface area contributed by atoms with Crippen molar-refractivity contribution in [2.45, 2.75) is 110 Å². The van der Waals surface area contributed by atoms with Gasteiger partial charge in [0, 0.05) is 37.2 Å². The summed E-state index contributed by atoms with van der Waals surface area (Å²) < 4.78 is 23.1. The van der Waals surface area contributed by atoms with Crippen LogP contribution in [-0.2, 0) is 38.1 Å². The van der Waals surface area contributed by atoms with Crippen LogP contribution in [0.4, 0.5) is 0 Å². The van der Waals surface area contributed by atoms with E-state index in [1.54, 1.807) is 17.2 Å². The third-order valence-corrected chi connectivity index (χ3v) is 5.96. The van der Waals surface area contributed by atoms with Gasteiger partial charge in [-0.2, -0.15) is 0 Å². The van der Waals surface area contributed by atoms with Crippen LogP contribution in [0, 0.1) is 0 Å². The molecule has 0 aromatic rings. The molecular formula is C26H40N2O8. The third kappa shape index (κ3) is 8.96. The van der Waals surface area contributed by atoms with Crippen molar-refractivity contribution in [3.8, 4) is 0 Å². The predicted molar refractivity (Wildman–Crippen MR) is 131 cm³/mol. The van der Waals surface area contributed by atoms with Gasteiger partial charge in [0.2, 0.25) is 5.91 Å². The molecule has 0 unspecified atom stereocenters. The zero-order valence-electron chi connectivity index (χ0n) is 21.6. The topological polar surface area (TPSA) is 134 Å². The zero-order chi connectivity index (χ0) is 26.5. The van der Waals surface area contributed by atoms with Gasteiger partial charge in [0.1, 0.15) is 12.7 Å². The van der Waals surface area contributed by atoms with Crippen LogP contribution in [0.25, 0.3) is 0 Å². The number of nitrogens with zero attached hydrogens (tertiary/aromatic N) is 1. The maximum absolute atomic E-state index is 12.6. The molecule has 0 aromatic heterocycles. The number of allylic oxidation sites excluding steroid dienone is 1. The number of ether oxygens (including phenoxy) is 4. The monoisotopic (exact) mass is 508 g/mol. The fourth-order valence-electron chi connectivity index (χ4n) is 3.88. The van der Waals surface area contributed by atoms with Gasteiger partial charge in [-0.15, -0.1) is 0 Å². The van der Waals surface area contributed by atoms with E-state index in [0.717, 1.165) is 19.3 Å². The number of amides is 1. The molecule has 0 aliphatic carbocycles. The van der Waals surface area contributed by atoms with E-state index in [1.807, 2.05) is 20.8 Å². The lowest BCUT2D eigenvalue weighted by molar-refractivity contribution is -0.169. The fraction of sp³-hybridized carbons (Fsp3) is 0.692. The number of rotatable bonds is 15. The Balaban J connectivity index is 2.31. The zero-order valence-corrected chi connectivity index (χ0v) is 21.6. The summed E-state index contributed by atoms with van der Waals surface area (Å²) in [4.78, 5) is 50.7. The van der Waals surface area contributed by atoms with Crippen LogP contribution >= 0.6 is 0 Å².